The average molecular weight is 426 g/mol. The van der Waals surface area contributed by atoms with Gasteiger partial charge in [-0.25, -0.2) is 0 Å². The number of esters is 1. The Morgan fingerprint density at radius 3 is 2.50 bits per heavy atom. The van der Waals surface area contributed by atoms with Crippen LogP contribution in [0.25, 0.3) is 5.57 Å². The molecule has 1 aromatic heterocycles. The molecule has 0 radical (unpaired) electrons. The number of benzene rings is 1. The molecule has 162 valence electrons. The topological polar surface area (TPSA) is 48.4 Å². The van der Waals surface area contributed by atoms with Crippen molar-refractivity contribution in [3.8, 4) is 0 Å². The molecule has 0 fully saturated rings. The van der Waals surface area contributed by atoms with Gasteiger partial charge in [-0.1, -0.05) is 51.1 Å². The zero-order chi connectivity index (χ0) is 22.2. The number of carbonyl (C=O) groups excluding carboxylic acids is 1. The number of pyridine rings is 1. The van der Waals surface area contributed by atoms with E-state index in [0.717, 1.165) is 29.5 Å². The van der Waals surface area contributed by atoms with Crippen molar-refractivity contribution in [1.82, 2.24) is 4.98 Å². The van der Waals surface area contributed by atoms with Crippen molar-refractivity contribution in [2.75, 3.05) is 7.11 Å². The van der Waals surface area contributed by atoms with Gasteiger partial charge in [-0.2, -0.15) is 0 Å². The summed E-state index contributed by atoms with van der Waals surface area (Å²) in [7, 11) is -0.378. The first-order chi connectivity index (χ1) is 14.1. The Kier molecular flexibility index (Phi) is 8.56. The molecule has 5 heteroatoms. The van der Waals surface area contributed by atoms with E-state index in [1.807, 2.05) is 12.3 Å². The zero-order valence-corrected chi connectivity index (χ0v) is 20.2. The fourth-order valence-electron chi connectivity index (χ4n) is 2.83. The number of methoxy groups -OCH3 is 1. The summed E-state index contributed by atoms with van der Waals surface area (Å²) in [6, 6.07) is 12.5. The highest BCUT2D eigenvalue weighted by molar-refractivity contribution is 6.74. The Bertz CT molecular complexity index is 854. The van der Waals surface area contributed by atoms with Crippen LogP contribution in [0.15, 0.2) is 54.9 Å². The van der Waals surface area contributed by atoms with Crippen LogP contribution in [0.3, 0.4) is 0 Å². The third-order valence-electron chi connectivity index (χ3n) is 5.78. The van der Waals surface area contributed by atoms with Crippen molar-refractivity contribution in [2.45, 2.75) is 64.8 Å². The number of hydrogen-bond donors (Lipinski definition) is 0. The molecule has 0 unspecified atom stereocenters. The van der Waals surface area contributed by atoms with Crippen LogP contribution in [0.2, 0.25) is 18.1 Å². The third kappa shape index (κ3) is 6.92. The second-order valence-corrected chi connectivity index (χ2v) is 13.9. The van der Waals surface area contributed by atoms with Gasteiger partial charge in [-0.05, 0) is 59.8 Å². The quantitative estimate of drug-likeness (QED) is 0.266. The molecule has 0 saturated heterocycles. The van der Waals surface area contributed by atoms with Crippen LogP contribution in [0.5, 0.6) is 0 Å². The Labute approximate surface area is 182 Å². The van der Waals surface area contributed by atoms with Crippen LogP contribution in [-0.4, -0.2) is 26.4 Å². The van der Waals surface area contributed by atoms with Crippen LogP contribution in [0.4, 0.5) is 0 Å². The largest absolute Gasteiger partial charge is 0.469 e. The zero-order valence-electron chi connectivity index (χ0n) is 19.2. The summed E-state index contributed by atoms with van der Waals surface area (Å²) in [4.78, 5) is 15.7. The molecule has 0 saturated carbocycles. The molecule has 1 aromatic carbocycles. The predicted octanol–water partition coefficient (Wildman–Crippen LogP) is 6.38. The van der Waals surface area contributed by atoms with Crippen molar-refractivity contribution in [2.24, 2.45) is 0 Å². The molecule has 0 atom stereocenters. The molecule has 0 amide bonds. The fourth-order valence-corrected chi connectivity index (χ4v) is 3.79. The second kappa shape index (κ2) is 10.7. The van der Waals surface area contributed by atoms with Gasteiger partial charge >= 0.3 is 5.97 Å². The summed E-state index contributed by atoms with van der Waals surface area (Å²) >= 11 is 0. The number of allylic oxidation sites excluding steroid dienone is 1. The molecule has 0 aliphatic rings. The van der Waals surface area contributed by atoms with Crippen molar-refractivity contribution in [3.63, 3.8) is 0 Å². The van der Waals surface area contributed by atoms with Crippen molar-refractivity contribution in [1.29, 1.82) is 0 Å². The molecule has 0 aliphatic carbocycles. The number of nitrogens with zero attached hydrogens (tertiary/aromatic N) is 1. The van der Waals surface area contributed by atoms with E-state index in [1.165, 1.54) is 12.7 Å². The van der Waals surface area contributed by atoms with E-state index >= 15 is 0 Å². The summed E-state index contributed by atoms with van der Waals surface area (Å²) in [5.41, 5.74) is 4.50. The molecule has 30 heavy (non-hydrogen) atoms. The monoisotopic (exact) mass is 425 g/mol. The highest BCUT2D eigenvalue weighted by Crippen LogP contribution is 2.37. The standard InChI is InChI=1S/C25H35NO3Si/c1-25(2,3)30(5,6)29-19-20-11-9-12-21(17-20)23(22-13-10-16-26-18-22)14-7-8-15-24(27)28-4/h9-14,16-18H,7-8,15,19H2,1-6H3/b23-14-. The van der Waals surface area contributed by atoms with Gasteiger partial charge in [0.2, 0.25) is 0 Å². The molecule has 2 aromatic rings. The van der Waals surface area contributed by atoms with Gasteiger partial charge < -0.3 is 9.16 Å². The minimum Gasteiger partial charge on any atom is -0.469 e. The maximum atomic E-state index is 11.4. The Morgan fingerprint density at radius 1 is 1.13 bits per heavy atom. The normalized spacial score (nSPS) is 12.7. The Morgan fingerprint density at radius 2 is 1.87 bits per heavy atom. The number of aromatic nitrogens is 1. The van der Waals surface area contributed by atoms with Gasteiger partial charge in [0.05, 0.1) is 13.7 Å². The first-order valence-electron chi connectivity index (χ1n) is 10.5. The van der Waals surface area contributed by atoms with E-state index in [-0.39, 0.29) is 11.0 Å². The average Bonchev–Trinajstić information content (AvgIpc) is 2.72. The summed E-state index contributed by atoms with van der Waals surface area (Å²) in [6.07, 6.45) is 7.82. The fraction of sp³-hybridized carbons (Fsp3) is 0.440. The van der Waals surface area contributed by atoms with Gasteiger partial charge in [-0.3, -0.25) is 9.78 Å². The van der Waals surface area contributed by atoms with Gasteiger partial charge in [0.15, 0.2) is 8.32 Å². The highest BCUT2D eigenvalue weighted by atomic mass is 28.4. The Hall–Kier alpha value is -2.24. The molecule has 2 rings (SSSR count). The van der Waals surface area contributed by atoms with Gasteiger partial charge in [-0.15, -0.1) is 0 Å². The molecule has 0 aliphatic heterocycles. The van der Waals surface area contributed by atoms with Crippen molar-refractivity contribution < 1.29 is 14.0 Å². The smallest absolute Gasteiger partial charge is 0.305 e. The first kappa shape index (κ1) is 24.0. The van der Waals surface area contributed by atoms with Crippen LogP contribution in [0.1, 0.15) is 56.7 Å². The number of carbonyl (C=O) groups is 1. The van der Waals surface area contributed by atoms with Crippen LogP contribution in [-0.2, 0) is 20.6 Å². The summed E-state index contributed by atoms with van der Waals surface area (Å²) in [5, 5.41) is 0.186. The highest BCUT2D eigenvalue weighted by Gasteiger charge is 2.37. The van der Waals surface area contributed by atoms with E-state index in [9.17, 15) is 4.79 Å². The van der Waals surface area contributed by atoms with Crippen molar-refractivity contribution in [3.05, 3.63) is 71.6 Å². The van der Waals surface area contributed by atoms with E-state index in [0.29, 0.717) is 13.0 Å². The maximum Gasteiger partial charge on any atom is 0.305 e. The minimum atomic E-state index is -1.80. The van der Waals surface area contributed by atoms with E-state index in [1.54, 1.807) is 6.20 Å². The van der Waals surface area contributed by atoms with E-state index in [4.69, 9.17) is 9.16 Å². The van der Waals surface area contributed by atoms with Crippen LogP contribution in [0, 0.1) is 0 Å². The lowest BCUT2D eigenvalue weighted by atomic mass is 9.96. The van der Waals surface area contributed by atoms with Crippen LogP contribution >= 0.6 is 0 Å². The van der Waals surface area contributed by atoms with E-state index < -0.39 is 8.32 Å². The van der Waals surface area contributed by atoms with E-state index in [2.05, 4.69) is 75.3 Å². The second-order valence-electron chi connectivity index (χ2n) is 9.08. The number of unbranched alkanes of at least 4 members (excludes halogenated alkanes) is 1. The summed E-state index contributed by atoms with van der Waals surface area (Å²) in [5.74, 6) is -0.170. The number of ether oxygens (including phenoxy) is 1. The predicted molar refractivity (Wildman–Crippen MR) is 126 cm³/mol. The van der Waals surface area contributed by atoms with Gasteiger partial charge in [0.1, 0.15) is 0 Å². The molecule has 1 heterocycles. The SMILES string of the molecule is COC(=O)CCC/C=C(\c1cccnc1)c1cccc(CO[Si](C)(C)C(C)(C)C)c1. The molecular weight excluding hydrogens is 390 g/mol. The lowest BCUT2D eigenvalue weighted by molar-refractivity contribution is -0.140. The Balaban J connectivity index is 2.22. The molecule has 0 spiro atoms. The third-order valence-corrected chi connectivity index (χ3v) is 10.3. The molecule has 4 nitrogen and oxygen atoms in total. The summed E-state index contributed by atoms with van der Waals surface area (Å²) in [6.45, 7) is 11.9. The first-order valence-corrected chi connectivity index (χ1v) is 13.5. The lowest BCUT2D eigenvalue weighted by Crippen LogP contribution is -2.40. The lowest BCUT2D eigenvalue weighted by Gasteiger charge is -2.36. The molecule has 0 bridgehead atoms. The van der Waals surface area contributed by atoms with Crippen molar-refractivity contribution >= 4 is 19.9 Å². The number of rotatable bonds is 9. The summed E-state index contributed by atoms with van der Waals surface area (Å²) < 4.78 is 11.2. The number of hydrogen-bond acceptors (Lipinski definition) is 4. The van der Waals surface area contributed by atoms with Gasteiger partial charge in [0, 0.05) is 24.4 Å². The molecule has 0 N–H and O–H groups in total. The molecular formula is C25H35NO3Si. The maximum absolute atomic E-state index is 11.4. The van der Waals surface area contributed by atoms with Crippen LogP contribution < -0.4 is 0 Å². The van der Waals surface area contributed by atoms with Gasteiger partial charge in [0.25, 0.3) is 0 Å². The minimum absolute atomic E-state index is 0.170.